The summed E-state index contributed by atoms with van der Waals surface area (Å²) < 4.78 is 5.18. The van der Waals surface area contributed by atoms with Crippen molar-refractivity contribution in [2.24, 2.45) is 17.8 Å². The molecule has 29 heavy (non-hydrogen) atoms. The maximum absolute atomic E-state index is 13.4. The molecule has 3 aliphatic rings. The van der Waals surface area contributed by atoms with Gasteiger partial charge in [0, 0.05) is 19.1 Å². The molecule has 0 bridgehead atoms. The molecule has 156 valence electrons. The van der Waals surface area contributed by atoms with E-state index in [1.807, 2.05) is 24.3 Å². The zero-order chi connectivity index (χ0) is 20.2. The van der Waals surface area contributed by atoms with E-state index in [-0.39, 0.29) is 29.6 Å². The fraction of sp³-hybridized carbons (Fsp3) is 0.583. The molecule has 0 radical (unpaired) electrons. The molecule has 0 spiro atoms. The number of carbonyl (C=O) groups is 2. The van der Waals surface area contributed by atoms with Crippen LogP contribution in [0.1, 0.15) is 50.5 Å². The van der Waals surface area contributed by atoms with Crippen LogP contribution >= 0.6 is 0 Å². The van der Waals surface area contributed by atoms with E-state index in [0.29, 0.717) is 19.0 Å². The molecule has 1 heterocycles. The zero-order valence-electron chi connectivity index (χ0n) is 17.3. The third-order valence-corrected chi connectivity index (χ3v) is 6.92. The minimum Gasteiger partial charge on any atom is -0.497 e. The van der Waals surface area contributed by atoms with Crippen molar-refractivity contribution in [2.75, 3.05) is 13.7 Å². The number of rotatable bonds is 5. The number of allylic oxidation sites excluding steroid dienone is 2. The fourth-order valence-corrected chi connectivity index (χ4v) is 5.27. The first-order valence-corrected chi connectivity index (χ1v) is 11.0. The Hall–Kier alpha value is -2.30. The van der Waals surface area contributed by atoms with Gasteiger partial charge in [-0.25, -0.2) is 0 Å². The monoisotopic (exact) mass is 396 g/mol. The van der Waals surface area contributed by atoms with Gasteiger partial charge in [-0.3, -0.25) is 9.59 Å². The van der Waals surface area contributed by atoms with Crippen molar-refractivity contribution in [1.82, 2.24) is 10.2 Å². The molecule has 0 unspecified atom stereocenters. The van der Waals surface area contributed by atoms with Crippen LogP contribution in [0.3, 0.4) is 0 Å². The Morgan fingerprint density at radius 2 is 1.90 bits per heavy atom. The van der Waals surface area contributed by atoms with Gasteiger partial charge in [0.25, 0.3) is 0 Å². The van der Waals surface area contributed by atoms with Crippen molar-refractivity contribution in [2.45, 2.75) is 57.5 Å². The highest BCUT2D eigenvalue weighted by Gasteiger charge is 2.45. The summed E-state index contributed by atoms with van der Waals surface area (Å²) in [5.74, 6) is 0.749. The molecule has 1 aromatic carbocycles. The number of benzene rings is 1. The quantitative estimate of drug-likeness (QED) is 0.773. The molecule has 1 aliphatic heterocycles. The Labute approximate surface area is 173 Å². The summed E-state index contributed by atoms with van der Waals surface area (Å²) in [6.45, 7) is 1.32. The highest BCUT2D eigenvalue weighted by atomic mass is 16.5. The minimum absolute atomic E-state index is 0.000915. The largest absolute Gasteiger partial charge is 0.497 e. The average Bonchev–Trinajstić information content (AvgIpc) is 2.78. The third-order valence-electron chi connectivity index (χ3n) is 6.92. The van der Waals surface area contributed by atoms with Crippen LogP contribution in [-0.2, 0) is 16.1 Å². The van der Waals surface area contributed by atoms with E-state index in [2.05, 4.69) is 22.4 Å². The lowest BCUT2D eigenvalue weighted by Gasteiger charge is -2.45. The highest BCUT2D eigenvalue weighted by molar-refractivity contribution is 5.89. The van der Waals surface area contributed by atoms with Crippen LogP contribution in [0.25, 0.3) is 0 Å². The van der Waals surface area contributed by atoms with E-state index >= 15 is 0 Å². The second-order valence-corrected chi connectivity index (χ2v) is 8.64. The van der Waals surface area contributed by atoms with Gasteiger partial charge in [0.15, 0.2) is 0 Å². The molecule has 1 saturated heterocycles. The van der Waals surface area contributed by atoms with Gasteiger partial charge in [0.05, 0.1) is 18.9 Å². The Morgan fingerprint density at radius 3 is 2.62 bits per heavy atom. The summed E-state index contributed by atoms with van der Waals surface area (Å²) in [5.41, 5.74) is 1.03. The number of hydrogen-bond donors (Lipinski definition) is 1. The van der Waals surface area contributed by atoms with Crippen molar-refractivity contribution >= 4 is 11.8 Å². The van der Waals surface area contributed by atoms with Crippen LogP contribution in [0.15, 0.2) is 36.4 Å². The number of nitrogens with one attached hydrogen (secondary N) is 1. The SMILES string of the molecule is COc1ccc(CNC(=O)[C@@H]2CC=C[C@@H]3CCN(C4CCCCC4)C(=O)[C@@H]32)cc1. The number of amides is 2. The predicted octanol–water partition coefficient (Wildman–Crippen LogP) is 3.68. The normalized spacial score (nSPS) is 27.4. The number of methoxy groups -OCH3 is 1. The average molecular weight is 397 g/mol. The molecule has 3 atom stereocenters. The van der Waals surface area contributed by atoms with Crippen molar-refractivity contribution in [1.29, 1.82) is 0 Å². The molecule has 0 aromatic heterocycles. The van der Waals surface area contributed by atoms with Gasteiger partial charge in [-0.05, 0) is 49.3 Å². The summed E-state index contributed by atoms with van der Waals surface area (Å²) in [6, 6.07) is 8.09. The topological polar surface area (TPSA) is 58.6 Å². The molecule has 1 saturated carbocycles. The van der Waals surface area contributed by atoms with Crippen molar-refractivity contribution in [3.8, 4) is 5.75 Å². The lowest BCUT2D eigenvalue weighted by Crippen LogP contribution is -2.55. The van der Waals surface area contributed by atoms with E-state index in [0.717, 1.165) is 37.1 Å². The minimum atomic E-state index is -0.262. The number of carbonyl (C=O) groups excluding carboxylic acids is 2. The maximum atomic E-state index is 13.4. The number of hydrogen-bond acceptors (Lipinski definition) is 3. The van der Waals surface area contributed by atoms with Crippen LogP contribution in [0.4, 0.5) is 0 Å². The molecule has 4 rings (SSSR count). The summed E-state index contributed by atoms with van der Waals surface area (Å²) in [6.07, 6.45) is 11.9. The Kier molecular flexibility index (Phi) is 6.22. The zero-order valence-corrected chi connectivity index (χ0v) is 17.3. The maximum Gasteiger partial charge on any atom is 0.227 e. The molecule has 1 aromatic rings. The number of fused-ring (bicyclic) bond motifs is 1. The Morgan fingerprint density at radius 1 is 1.14 bits per heavy atom. The molecule has 2 fully saturated rings. The number of nitrogens with zero attached hydrogens (tertiary/aromatic N) is 1. The summed E-state index contributed by atoms with van der Waals surface area (Å²) >= 11 is 0. The van der Waals surface area contributed by atoms with E-state index < -0.39 is 0 Å². The van der Waals surface area contributed by atoms with Gasteiger partial charge in [-0.15, -0.1) is 0 Å². The van der Waals surface area contributed by atoms with E-state index in [1.54, 1.807) is 7.11 Å². The number of piperidine rings is 1. The molecule has 1 N–H and O–H groups in total. The van der Waals surface area contributed by atoms with Crippen LogP contribution in [0.2, 0.25) is 0 Å². The van der Waals surface area contributed by atoms with E-state index in [9.17, 15) is 9.59 Å². The van der Waals surface area contributed by atoms with Gasteiger partial charge in [0.2, 0.25) is 11.8 Å². The molecule has 5 nitrogen and oxygen atoms in total. The predicted molar refractivity (Wildman–Crippen MR) is 112 cm³/mol. The third kappa shape index (κ3) is 4.34. The van der Waals surface area contributed by atoms with Gasteiger partial charge in [-0.1, -0.05) is 43.5 Å². The summed E-state index contributed by atoms with van der Waals surface area (Å²) in [7, 11) is 1.64. The summed E-state index contributed by atoms with van der Waals surface area (Å²) in [4.78, 5) is 28.6. The molecule has 2 aliphatic carbocycles. The van der Waals surface area contributed by atoms with Crippen LogP contribution < -0.4 is 10.1 Å². The van der Waals surface area contributed by atoms with Gasteiger partial charge >= 0.3 is 0 Å². The van der Waals surface area contributed by atoms with E-state index in [1.165, 1.54) is 19.3 Å². The standard InChI is InChI=1S/C24H32N2O3/c1-29-20-12-10-17(11-13-20)16-25-23(27)21-9-5-6-18-14-15-26(24(28)22(18)21)19-7-3-2-4-8-19/h5-6,10-13,18-19,21-22H,2-4,7-9,14-16H2,1H3,(H,25,27)/t18-,21-,22+/m1/s1. The van der Waals surface area contributed by atoms with Crippen molar-refractivity contribution in [3.05, 3.63) is 42.0 Å². The number of likely N-dealkylation sites (tertiary alicyclic amines) is 1. The fourth-order valence-electron chi connectivity index (χ4n) is 5.27. The van der Waals surface area contributed by atoms with Gasteiger partial charge < -0.3 is 15.0 Å². The lowest BCUT2D eigenvalue weighted by molar-refractivity contribution is -0.150. The Balaban J connectivity index is 1.42. The first kappa shape index (κ1) is 20.0. The van der Waals surface area contributed by atoms with Crippen LogP contribution in [0, 0.1) is 17.8 Å². The van der Waals surface area contributed by atoms with E-state index in [4.69, 9.17) is 4.74 Å². The van der Waals surface area contributed by atoms with Crippen molar-refractivity contribution in [3.63, 3.8) is 0 Å². The van der Waals surface area contributed by atoms with Crippen LogP contribution in [-0.4, -0.2) is 36.4 Å². The van der Waals surface area contributed by atoms with Gasteiger partial charge in [0.1, 0.15) is 5.75 Å². The van der Waals surface area contributed by atoms with Gasteiger partial charge in [-0.2, -0.15) is 0 Å². The molecule has 2 amide bonds. The Bertz CT molecular complexity index is 752. The molecular weight excluding hydrogens is 364 g/mol. The van der Waals surface area contributed by atoms with Crippen molar-refractivity contribution < 1.29 is 14.3 Å². The first-order valence-electron chi connectivity index (χ1n) is 11.0. The smallest absolute Gasteiger partial charge is 0.227 e. The second-order valence-electron chi connectivity index (χ2n) is 8.64. The van der Waals surface area contributed by atoms with Crippen LogP contribution in [0.5, 0.6) is 5.75 Å². The molecule has 5 heteroatoms. The highest BCUT2D eigenvalue weighted by Crippen LogP contribution is 2.39. The second kappa shape index (κ2) is 9.02. The molecular formula is C24H32N2O3. The first-order chi connectivity index (χ1) is 14.2. The lowest BCUT2D eigenvalue weighted by atomic mass is 9.70. The summed E-state index contributed by atoms with van der Waals surface area (Å²) in [5, 5.41) is 3.07. The number of ether oxygens (including phenoxy) is 1.